The molecule has 1 aliphatic rings. The number of aliphatic hydroxyl groups is 1. The van der Waals surface area contributed by atoms with Gasteiger partial charge in [-0.3, -0.25) is 4.79 Å². The fourth-order valence-electron chi connectivity index (χ4n) is 1.89. The first kappa shape index (κ1) is 12.8. The Balaban J connectivity index is 2.17. The lowest BCUT2D eigenvalue weighted by atomic mass is 10.1. The van der Waals surface area contributed by atoms with Crippen LogP contribution >= 0.6 is 0 Å². The predicted octanol–water partition coefficient (Wildman–Crippen LogP) is 0.241. The van der Waals surface area contributed by atoms with Gasteiger partial charge in [0.1, 0.15) is 5.82 Å². The monoisotopic (exact) mass is 254 g/mol. The van der Waals surface area contributed by atoms with Crippen LogP contribution < -0.4 is 5.73 Å². The van der Waals surface area contributed by atoms with Gasteiger partial charge in [-0.05, 0) is 18.2 Å². The van der Waals surface area contributed by atoms with Crippen LogP contribution in [0.25, 0.3) is 0 Å². The Labute approximate surface area is 104 Å². The molecule has 0 bridgehead atoms. The maximum Gasteiger partial charge on any atom is 0.257 e. The Kier molecular flexibility index (Phi) is 3.78. The molecule has 1 unspecified atom stereocenters. The van der Waals surface area contributed by atoms with Crippen LogP contribution in [0.4, 0.5) is 10.1 Å². The molecule has 18 heavy (non-hydrogen) atoms. The van der Waals surface area contributed by atoms with Crippen LogP contribution in [0, 0.1) is 5.82 Å². The number of halogens is 1. The van der Waals surface area contributed by atoms with Gasteiger partial charge in [0.15, 0.2) is 0 Å². The number of nitrogens with two attached hydrogens (primary N) is 1. The summed E-state index contributed by atoms with van der Waals surface area (Å²) in [5.74, 6) is -1.03. The highest BCUT2D eigenvalue weighted by molar-refractivity contribution is 5.95. The molecule has 0 aliphatic carbocycles. The van der Waals surface area contributed by atoms with E-state index in [-0.39, 0.29) is 18.7 Å². The lowest BCUT2D eigenvalue weighted by molar-refractivity contribution is -0.0448. The molecule has 5 nitrogen and oxygen atoms in total. The Morgan fingerprint density at radius 1 is 1.61 bits per heavy atom. The van der Waals surface area contributed by atoms with Gasteiger partial charge >= 0.3 is 0 Å². The van der Waals surface area contributed by atoms with Gasteiger partial charge in [-0.15, -0.1) is 0 Å². The number of carbonyl (C=O) groups is 1. The number of hydrogen-bond acceptors (Lipinski definition) is 4. The van der Waals surface area contributed by atoms with Gasteiger partial charge in [-0.1, -0.05) is 0 Å². The molecular formula is C12H15FN2O3. The van der Waals surface area contributed by atoms with E-state index in [9.17, 15) is 9.18 Å². The average Bonchev–Trinajstić information content (AvgIpc) is 2.41. The molecule has 0 aromatic heterocycles. The number of anilines is 1. The highest BCUT2D eigenvalue weighted by atomic mass is 19.1. The largest absolute Gasteiger partial charge is 0.399 e. The normalized spacial score (nSPS) is 19.9. The van der Waals surface area contributed by atoms with Crippen LogP contribution in [0.1, 0.15) is 10.4 Å². The van der Waals surface area contributed by atoms with Crippen molar-refractivity contribution in [2.24, 2.45) is 0 Å². The average molecular weight is 254 g/mol. The zero-order valence-corrected chi connectivity index (χ0v) is 9.80. The zero-order valence-electron chi connectivity index (χ0n) is 9.80. The van der Waals surface area contributed by atoms with Crippen molar-refractivity contribution in [2.75, 3.05) is 32.0 Å². The summed E-state index contributed by atoms with van der Waals surface area (Å²) in [6.45, 7) is 0.803. The lowest BCUT2D eigenvalue weighted by Crippen LogP contribution is -2.47. The fraction of sp³-hybridized carbons (Fsp3) is 0.417. The SMILES string of the molecule is Nc1ccc(F)c(C(=O)N2CCOC(CO)C2)c1. The number of amides is 1. The van der Waals surface area contributed by atoms with Crippen molar-refractivity contribution >= 4 is 11.6 Å². The topological polar surface area (TPSA) is 75.8 Å². The summed E-state index contributed by atoms with van der Waals surface area (Å²) in [6.07, 6.45) is -0.410. The third-order valence-corrected chi connectivity index (χ3v) is 2.85. The van der Waals surface area contributed by atoms with Gasteiger partial charge in [0.2, 0.25) is 0 Å². The first-order valence-electron chi connectivity index (χ1n) is 5.68. The molecule has 1 aromatic rings. The Morgan fingerprint density at radius 2 is 2.39 bits per heavy atom. The molecule has 1 aliphatic heterocycles. The van der Waals surface area contributed by atoms with E-state index in [1.54, 1.807) is 0 Å². The maximum absolute atomic E-state index is 13.6. The number of nitrogen functional groups attached to an aromatic ring is 1. The van der Waals surface area contributed by atoms with Crippen LogP contribution in [0.15, 0.2) is 18.2 Å². The summed E-state index contributed by atoms with van der Waals surface area (Å²) in [4.78, 5) is 13.6. The van der Waals surface area contributed by atoms with Crippen molar-refractivity contribution in [1.29, 1.82) is 0 Å². The standard InChI is InChI=1S/C12H15FN2O3/c13-11-2-1-8(14)5-10(11)12(17)15-3-4-18-9(6-15)7-16/h1-2,5,9,16H,3-4,6-7,14H2. The maximum atomic E-state index is 13.6. The van der Waals surface area contributed by atoms with E-state index in [4.69, 9.17) is 15.6 Å². The van der Waals surface area contributed by atoms with E-state index >= 15 is 0 Å². The van der Waals surface area contributed by atoms with Gasteiger partial charge in [0, 0.05) is 18.8 Å². The number of hydrogen-bond donors (Lipinski definition) is 2. The minimum Gasteiger partial charge on any atom is -0.399 e. The zero-order chi connectivity index (χ0) is 13.1. The number of nitrogens with zero attached hydrogens (tertiary/aromatic N) is 1. The molecule has 98 valence electrons. The molecule has 1 amide bonds. The number of aliphatic hydroxyl groups excluding tert-OH is 1. The first-order valence-corrected chi connectivity index (χ1v) is 5.68. The van der Waals surface area contributed by atoms with Crippen LogP contribution in [0.2, 0.25) is 0 Å². The Morgan fingerprint density at radius 3 is 3.11 bits per heavy atom. The molecule has 2 rings (SSSR count). The molecule has 0 spiro atoms. The fourth-order valence-corrected chi connectivity index (χ4v) is 1.89. The first-order chi connectivity index (χ1) is 8.61. The molecule has 1 heterocycles. The van der Waals surface area contributed by atoms with Crippen molar-refractivity contribution in [3.63, 3.8) is 0 Å². The van der Waals surface area contributed by atoms with Crippen molar-refractivity contribution < 1.29 is 19.0 Å². The predicted molar refractivity (Wildman–Crippen MR) is 63.5 cm³/mol. The molecule has 0 saturated carbocycles. The van der Waals surface area contributed by atoms with Crippen LogP contribution in [0.5, 0.6) is 0 Å². The second-order valence-corrected chi connectivity index (χ2v) is 4.17. The van der Waals surface area contributed by atoms with Crippen molar-refractivity contribution in [3.8, 4) is 0 Å². The third-order valence-electron chi connectivity index (χ3n) is 2.85. The van der Waals surface area contributed by atoms with Gasteiger partial charge in [0.05, 0.1) is 24.9 Å². The lowest BCUT2D eigenvalue weighted by Gasteiger charge is -2.32. The third kappa shape index (κ3) is 2.60. The number of carbonyl (C=O) groups excluding carboxylic acids is 1. The number of ether oxygens (including phenoxy) is 1. The molecule has 3 N–H and O–H groups in total. The second-order valence-electron chi connectivity index (χ2n) is 4.17. The van der Waals surface area contributed by atoms with Crippen molar-refractivity contribution in [2.45, 2.75) is 6.10 Å². The molecule has 6 heteroatoms. The highest BCUT2D eigenvalue weighted by Gasteiger charge is 2.26. The molecular weight excluding hydrogens is 239 g/mol. The molecule has 0 radical (unpaired) electrons. The van der Waals surface area contributed by atoms with Gasteiger partial charge in [-0.25, -0.2) is 4.39 Å². The Hall–Kier alpha value is -1.66. The van der Waals surface area contributed by atoms with E-state index in [1.807, 2.05) is 0 Å². The molecule has 1 fully saturated rings. The molecule has 1 saturated heterocycles. The Bertz CT molecular complexity index is 453. The van der Waals surface area contributed by atoms with Gasteiger partial charge in [0.25, 0.3) is 5.91 Å². The summed E-state index contributed by atoms with van der Waals surface area (Å²) >= 11 is 0. The summed E-state index contributed by atoms with van der Waals surface area (Å²) in [5, 5.41) is 9.00. The van der Waals surface area contributed by atoms with Gasteiger partial charge < -0.3 is 20.5 Å². The van der Waals surface area contributed by atoms with E-state index in [2.05, 4.69) is 0 Å². The quantitative estimate of drug-likeness (QED) is 0.741. The van der Waals surface area contributed by atoms with Crippen molar-refractivity contribution in [1.82, 2.24) is 4.90 Å². The van der Waals surface area contributed by atoms with Crippen LogP contribution in [0.3, 0.4) is 0 Å². The second kappa shape index (κ2) is 5.32. The van der Waals surface area contributed by atoms with E-state index in [0.29, 0.717) is 18.8 Å². The van der Waals surface area contributed by atoms with E-state index in [0.717, 1.165) is 0 Å². The smallest absolute Gasteiger partial charge is 0.257 e. The number of rotatable bonds is 2. The highest BCUT2D eigenvalue weighted by Crippen LogP contribution is 2.16. The molecule has 1 atom stereocenters. The summed E-state index contributed by atoms with van der Waals surface area (Å²) in [5.41, 5.74) is 5.84. The van der Waals surface area contributed by atoms with Crippen LogP contribution in [-0.4, -0.2) is 48.3 Å². The summed E-state index contributed by atoms with van der Waals surface area (Å²) < 4.78 is 18.8. The molecule has 1 aromatic carbocycles. The minimum absolute atomic E-state index is 0.0476. The summed E-state index contributed by atoms with van der Waals surface area (Å²) in [6, 6.07) is 3.90. The van der Waals surface area contributed by atoms with E-state index in [1.165, 1.54) is 23.1 Å². The van der Waals surface area contributed by atoms with Crippen LogP contribution in [-0.2, 0) is 4.74 Å². The minimum atomic E-state index is -0.596. The summed E-state index contributed by atoms with van der Waals surface area (Å²) in [7, 11) is 0. The number of morpholine rings is 1. The number of benzene rings is 1. The van der Waals surface area contributed by atoms with Crippen molar-refractivity contribution in [3.05, 3.63) is 29.6 Å². The van der Waals surface area contributed by atoms with Gasteiger partial charge in [-0.2, -0.15) is 0 Å². The van der Waals surface area contributed by atoms with E-state index < -0.39 is 17.8 Å².